The van der Waals surface area contributed by atoms with E-state index < -0.39 is 6.36 Å². The lowest BCUT2D eigenvalue weighted by molar-refractivity contribution is -0.274. The lowest BCUT2D eigenvalue weighted by Gasteiger charge is -2.10. The first-order valence-corrected chi connectivity index (χ1v) is 9.96. The number of rotatable bonds is 6. The van der Waals surface area contributed by atoms with Gasteiger partial charge in [0.25, 0.3) is 0 Å². The average molecular weight is 424 g/mol. The highest BCUT2D eigenvalue weighted by Crippen LogP contribution is 2.40. The second-order valence-corrected chi connectivity index (χ2v) is 7.57. The van der Waals surface area contributed by atoms with Gasteiger partial charge in [0.15, 0.2) is 0 Å². The largest absolute Gasteiger partial charge is 0.573 e. The highest BCUT2D eigenvalue weighted by atomic mass is 19.4. The van der Waals surface area contributed by atoms with Crippen molar-refractivity contribution in [2.24, 2.45) is 0 Å². The van der Waals surface area contributed by atoms with Crippen molar-refractivity contribution in [3.63, 3.8) is 0 Å². The number of halogens is 3. The summed E-state index contributed by atoms with van der Waals surface area (Å²) < 4.78 is 45.2. The van der Waals surface area contributed by atoms with Crippen molar-refractivity contribution in [1.29, 1.82) is 0 Å². The zero-order valence-electron chi connectivity index (χ0n) is 16.5. The zero-order valence-corrected chi connectivity index (χ0v) is 16.5. The molecular formula is C23H19F3N4O. The Morgan fingerprint density at radius 1 is 0.935 bits per heavy atom. The Balaban J connectivity index is 1.41. The second-order valence-electron chi connectivity index (χ2n) is 7.57. The molecular weight excluding hydrogens is 405 g/mol. The third kappa shape index (κ3) is 4.47. The molecule has 158 valence electrons. The summed E-state index contributed by atoms with van der Waals surface area (Å²) in [6, 6.07) is 16.3. The van der Waals surface area contributed by atoms with E-state index in [0.29, 0.717) is 12.6 Å². The monoisotopic (exact) mass is 424 g/mol. The molecule has 1 fully saturated rings. The molecule has 31 heavy (non-hydrogen) atoms. The molecule has 0 spiro atoms. The summed E-state index contributed by atoms with van der Waals surface area (Å²) in [6.07, 6.45) is 3.15. The first-order chi connectivity index (χ1) is 14.9. The van der Waals surface area contributed by atoms with Crippen molar-refractivity contribution < 1.29 is 17.9 Å². The predicted octanol–water partition coefficient (Wildman–Crippen LogP) is 5.70. The molecule has 1 saturated carbocycles. The van der Waals surface area contributed by atoms with E-state index in [4.69, 9.17) is 4.98 Å². The van der Waals surface area contributed by atoms with Gasteiger partial charge in [-0.05, 0) is 42.7 Å². The summed E-state index contributed by atoms with van der Waals surface area (Å²) in [4.78, 5) is 4.78. The van der Waals surface area contributed by atoms with E-state index in [1.165, 1.54) is 12.1 Å². The van der Waals surface area contributed by atoms with Gasteiger partial charge in [0, 0.05) is 29.6 Å². The maximum atomic E-state index is 12.4. The Labute approximate surface area is 176 Å². The molecule has 0 unspecified atom stereocenters. The highest BCUT2D eigenvalue weighted by Gasteiger charge is 2.31. The van der Waals surface area contributed by atoms with Gasteiger partial charge in [-0.25, -0.2) is 4.98 Å². The average Bonchev–Trinajstić information content (AvgIpc) is 3.31. The summed E-state index contributed by atoms with van der Waals surface area (Å²) in [5, 5.41) is 4.45. The van der Waals surface area contributed by atoms with Crippen LogP contribution in [0.3, 0.4) is 0 Å². The fourth-order valence-electron chi connectivity index (χ4n) is 3.54. The summed E-state index contributed by atoms with van der Waals surface area (Å²) in [5.74, 6) is 0.482. The van der Waals surface area contributed by atoms with E-state index in [2.05, 4.69) is 14.4 Å². The number of aromatic nitrogens is 4. The SMILES string of the molecule is FC(F)(F)Oc1ccc(-c2nc(-c3cnn(Cc4ccccc4)c3)cn2C2CC2)cc1. The molecule has 0 radical (unpaired) electrons. The number of hydrogen-bond donors (Lipinski definition) is 0. The maximum Gasteiger partial charge on any atom is 0.573 e. The van der Waals surface area contributed by atoms with Crippen LogP contribution in [-0.2, 0) is 6.54 Å². The second kappa shape index (κ2) is 7.61. The van der Waals surface area contributed by atoms with Gasteiger partial charge in [-0.2, -0.15) is 5.10 Å². The van der Waals surface area contributed by atoms with Crippen molar-refractivity contribution in [2.45, 2.75) is 31.8 Å². The summed E-state index contributed by atoms with van der Waals surface area (Å²) in [6.45, 7) is 0.664. The van der Waals surface area contributed by atoms with Crippen molar-refractivity contribution in [3.05, 3.63) is 78.8 Å². The standard InChI is InChI=1S/C23H19F3N4O/c24-23(25,26)31-20-10-6-17(7-11-20)22-28-21(15-30(22)19-8-9-19)18-12-27-29(14-18)13-16-4-2-1-3-5-16/h1-7,10-12,14-15,19H,8-9,13H2. The maximum absolute atomic E-state index is 12.4. The predicted molar refractivity (Wildman–Crippen MR) is 109 cm³/mol. The molecule has 5 rings (SSSR count). The molecule has 2 aromatic carbocycles. The van der Waals surface area contributed by atoms with Gasteiger partial charge in [-0.1, -0.05) is 30.3 Å². The van der Waals surface area contributed by atoms with E-state index in [1.807, 2.05) is 47.4 Å². The van der Waals surface area contributed by atoms with Gasteiger partial charge in [0.2, 0.25) is 0 Å². The molecule has 2 aromatic heterocycles. The number of nitrogens with zero attached hydrogens (tertiary/aromatic N) is 4. The summed E-state index contributed by atoms with van der Waals surface area (Å²) in [5.41, 5.74) is 3.58. The van der Waals surface area contributed by atoms with Crippen LogP contribution in [0.2, 0.25) is 0 Å². The molecule has 1 aliphatic rings. The Hall–Kier alpha value is -3.55. The van der Waals surface area contributed by atoms with Crippen molar-refractivity contribution in [1.82, 2.24) is 19.3 Å². The van der Waals surface area contributed by atoms with Gasteiger partial charge in [0.05, 0.1) is 18.4 Å². The first-order valence-electron chi connectivity index (χ1n) is 9.96. The molecule has 5 nitrogen and oxygen atoms in total. The van der Waals surface area contributed by atoms with Gasteiger partial charge in [-0.3, -0.25) is 4.68 Å². The van der Waals surface area contributed by atoms with Gasteiger partial charge >= 0.3 is 6.36 Å². The van der Waals surface area contributed by atoms with Gasteiger partial charge in [0.1, 0.15) is 11.6 Å². The third-order valence-electron chi connectivity index (χ3n) is 5.14. The smallest absolute Gasteiger partial charge is 0.406 e. The van der Waals surface area contributed by atoms with E-state index in [9.17, 15) is 13.2 Å². The quantitative estimate of drug-likeness (QED) is 0.399. The fraction of sp³-hybridized carbons (Fsp3) is 0.217. The van der Waals surface area contributed by atoms with Crippen molar-refractivity contribution >= 4 is 0 Å². The molecule has 0 bridgehead atoms. The van der Waals surface area contributed by atoms with E-state index in [-0.39, 0.29) is 5.75 Å². The molecule has 0 saturated heterocycles. The van der Waals surface area contributed by atoms with Crippen LogP contribution in [0.25, 0.3) is 22.6 Å². The number of hydrogen-bond acceptors (Lipinski definition) is 3. The normalized spacial score (nSPS) is 14.0. The molecule has 0 aliphatic heterocycles. The number of benzene rings is 2. The lowest BCUT2D eigenvalue weighted by Crippen LogP contribution is -2.16. The summed E-state index contributed by atoms with van der Waals surface area (Å²) >= 11 is 0. The molecule has 0 atom stereocenters. The number of ether oxygens (including phenoxy) is 1. The lowest BCUT2D eigenvalue weighted by atomic mass is 10.2. The van der Waals surface area contributed by atoms with Crippen LogP contribution in [0.5, 0.6) is 5.75 Å². The van der Waals surface area contributed by atoms with Gasteiger partial charge in [-0.15, -0.1) is 13.2 Å². The molecule has 0 amide bonds. The van der Waals surface area contributed by atoms with E-state index in [1.54, 1.807) is 18.3 Å². The topological polar surface area (TPSA) is 44.9 Å². The van der Waals surface area contributed by atoms with Crippen LogP contribution >= 0.6 is 0 Å². The Morgan fingerprint density at radius 2 is 1.68 bits per heavy atom. The molecule has 0 N–H and O–H groups in total. The van der Waals surface area contributed by atoms with Crippen LogP contribution in [0.4, 0.5) is 13.2 Å². The van der Waals surface area contributed by atoms with Crippen molar-refractivity contribution in [3.8, 4) is 28.4 Å². The first kappa shape index (κ1) is 19.4. The Bertz CT molecular complexity index is 1180. The van der Waals surface area contributed by atoms with E-state index >= 15 is 0 Å². The molecule has 2 heterocycles. The van der Waals surface area contributed by atoms with Crippen LogP contribution in [0, 0.1) is 0 Å². The summed E-state index contributed by atoms with van der Waals surface area (Å²) in [7, 11) is 0. The Kier molecular flexibility index (Phi) is 4.77. The van der Waals surface area contributed by atoms with Crippen LogP contribution < -0.4 is 4.74 Å². The van der Waals surface area contributed by atoms with Crippen LogP contribution in [-0.4, -0.2) is 25.7 Å². The van der Waals surface area contributed by atoms with E-state index in [0.717, 1.165) is 41.1 Å². The zero-order chi connectivity index (χ0) is 21.4. The highest BCUT2D eigenvalue weighted by molar-refractivity contribution is 5.65. The molecule has 1 aliphatic carbocycles. The fourth-order valence-corrected chi connectivity index (χ4v) is 3.54. The minimum atomic E-state index is -4.71. The minimum absolute atomic E-state index is 0.247. The van der Waals surface area contributed by atoms with Crippen LogP contribution in [0.1, 0.15) is 24.4 Å². The number of imidazole rings is 1. The minimum Gasteiger partial charge on any atom is -0.406 e. The molecule has 4 aromatic rings. The Morgan fingerprint density at radius 3 is 2.35 bits per heavy atom. The van der Waals surface area contributed by atoms with Gasteiger partial charge < -0.3 is 9.30 Å². The van der Waals surface area contributed by atoms with Crippen molar-refractivity contribution in [2.75, 3.05) is 0 Å². The van der Waals surface area contributed by atoms with Crippen LogP contribution in [0.15, 0.2) is 73.2 Å². The number of alkyl halides is 3. The third-order valence-corrected chi connectivity index (χ3v) is 5.14. The molecule has 8 heteroatoms.